The molecule has 0 saturated heterocycles. The van der Waals surface area contributed by atoms with Crippen LogP contribution in [0, 0.1) is 12.7 Å². The van der Waals surface area contributed by atoms with Gasteiger partial charge < -0.3 is 14.6 Å². The molecular weight excluding hydrogens is 235 g/mol. The second-order valence-corrected chi connectivity index (χ2v) is 4.02. The first-order valence-electron chi connectivity index (χ1n) is 5.64. The van der Waals surface area contributed by atoms with Gasteiger partial charge in [0.15, 0.2) is 5.76 Å². The highest BCUT2D eigenvalue weighted by molar-refractivity contribution is 5.23. The maximum atomic E-state index is 13.1. The SMILES string of the molecule is COc1cc(CNCc2ccc(F)c(C)c2)on1. The van der Waals surface area contributed by atoms with Gasteiger partial charge in [-0.1, -0.05) is 12.1 Å². The van der Waals surface area contributed by atoms with Crippen LogP contribution in [0.1, 0.15) is 16.9 Å². The minimum atomic E-state index is -0.182. The molecule has 0 aliphatic carbocycles. The molecule has 2 aromatic rings. The second-order valence-electron chi connectivity index (χ2n) is 4.02. The Bertz CT molecular complexity index is 525. The zero-order valence-electron chi connectivity index (χ0n) is 10.4. The Labute approximate surface area is 105 Å². The Hall–Kier alpha value is -1.88. The highest BCUT2D eigenvalue weighted by Crippen LogP contribution is 2.11. The molecule has 0 aliphatic rings. The van der Waals surface area contributed by atoms with Crippen molar-refractivity contribution in [3.8, 4) is 5.88 Å². The summed E-state index contributed by atoms with van der Waals surface area (Å²) in [6.45, 7) is 2.94. The molecule has 18 heavy (non-hydrogen) atoms. The molecule has 0 radical (unpaired) electrons. The van der Waals surface area contributed by atoms with Crippen LogP contribution in [0.3, 0.4) is 0 Å². The number of nitrogens with zero attached hydrogens (tertiary/aromatic N) is 1. The van der Waals surface area contributed by atoms with E-state index in [1.165, 1.54) is 13.2 Å². The Morgan fingerprint density at radius 1 is 1.33 bits per heavy atom. The summed E-state index contributed by atoms with van der Waals surface area (Å²) in [6, 6.07) is 6.78. The average Bonchev–Trinajstić information content (AvgIpc) is 2.82. The molecule has 0 atom stereocenters. The maximum absolute atomic E-state index is 13.1. The highest BCUT2D eigenvalue weighted by Gasteiger charge is 2.04. The molecule has 1 aromatic carbocycles. The van der Waals surface area contributed by atoms with Crippen molar-refractivity contribution < 1.29 is 13.7 Å². The van der Waals surface area contributed by atoms with E-state index in [1.807, 2.05) is 6.07 Å². The first kappa shape index (κ1) is 12.6. The summed E-state index contributed by atoms with van der Waals surface area (Å²) in [5.74, 6) is 0.980. The number of halogens is 1. The summed E-state index contributed by atoms with van der Waals surface area (Å²) in [5, 5.41) is 6.89. The van der Waals surface area contributed by atoms with Crippen LogP contribution in [-0.2, 0) is 13.1 Å². The quantitative estimate of drug-likeness (QED) is 0.885. The summed E-state index contributed by atoms with van der Waals surface area (Å²) in [6.07, 6.45) is 0. The Morgan fingerprint density at radius 2 is 2.17 bits per heavy atom. The van der Waals surface area contributed by atoms with E-state index in [1.54, 1.807) is 19.1 Å². The summed E-state index contributed by atoms with van der Waals surface area (Å²) in [5.41, 5.74) is 1.68. The topological polar surface area (TPSA) is 47.3 Å². The van der Waals surface area contributed by atoms with Gasteiger partial charge in [0, 0.05) is 12.6 Å². The van der Waals surface area contributed by atoms with Crippen molar-refractivity contribution in [2.24, 2.45) is 0 Å². The van der Waals surface area contributed by atoms with Crippen LogP contribution < -0.4 is 10.1 Å². The minimum Gasteiger partial charge on any atom is -0.479 e. The van der Waals surface area contributed by atoms with E-state index in [9.17, 15) is 4.39 Å². The van der Waals surface area contributed by atoms with Crippen molar-refractivity contribution in [3.63, 3.8) is 0 Å². The van der Waals surface area contributed by atoms with E-state index < -0.39 is 0 Å². The molecule has 1 heterocycles. The first-order valence-corrected chi connectivity index (χ1v) is 5.64. The van der Waals surface area contributed by atoms with Crippen molar-refractivity contribution in [1.29, 1.82) is 0 Å². The van der Waals surface area contributed by atoms with E-state index in [2.05, 4.69) is 10.5 Å². The molecule has 0 unspecified atom stereocenters. The van der Waals surface area contributed by atoms with Gasteiger partial charge in [-0.05, 0) is 29.3 Å². The van der Waals surface area contributed by atoms with Gasteiger partial charge in [-0.25, -0.2) is 4.39 Å². The molecule has 0 spiro atoms. The molecule has 0 saturated carbocycles. The minimum absolute atomic E-state index is 0.182. The van der Waals surface area contributed by atoms with Crippen molar-refractivity contribution in [2.75, 3.05) is 7.11 Å². The standard InChI is InChI=1S/C13H15FN2O2/c1-9-5-10(3-4-12(9)14)7-15-8-11-6-13(17-2)16-18-11/h3-6,15H,7-8H2,1-2H3. The number of hydrogen-bond acceptors (Lipinski definition) is 4. The fourth-order valence-electron chi connectivity index (χ4n) is 1.62. The molecule has 0 fully saturated rings. The number of rotatable bonds is 5. The average molecular weight is 250 g/mol. The van der Waals surface area contributed by atoms with Gasteiger partial charge in [-0.15, -0.1) is 0 Å². The molecule has 0 bridgehead atoms. The van der Waals surface area contributed by atoms with E-state index >= 15 is 0 Å². The van der Waals surface area contributed by atoms with Gasteiger partial charge in [-0.2, -0.15) is 0 Å². The van der Waals surface area contributed by atoms with Gasteiger partial charge in [-0.3, -0.25) is 0 Å². The highest BCUT2D eigenvalue weighted by atomic mass is 19.1. The number of hydrogen-bond donors (Lipinski definition) is 1. The summed E-state index contributed by atoms with van der Waals surface area (Å²) in [7, 11) is 1.54. The monoisotopic (exact) mass is 250 g/mol. The predicted octanol–water partition coefficient (Wildman–Crippen LogP) is 2.42. The van der Waals surface area contributed by atoms with Crippen molar-refractivity contribution in [3.05, 3.63) is 47.0 Å². The number of ether oxygens (including phenoxy) is 1. The molecule has 96 valence electrons. The Balaban J connectivity index is 1.86. The van der Waals surface area contributed by atoms with E-state index in [0.29, 0.717) is 30.3 Å². The zero-order chi connectivity index (χ0) is 13.0. The fraction of sp³-hybridized carbons (Fsp3) is 0.308. The van der Waals surface area contributed by atoms with Crippen LogP contribution in [0.25, 0.3) is 0 Å². The number of aromatic nitrogens is 1. The summed E-state index contributed by atoms with van der Waals surface area (Å²) < 4.78 is 23.0. The Morgan fingerprint density at radius 3 is 2.83 bits per heavy atom. The molecule has 0 amide bonds. The smallest absolute Gasteiger partial charge is 0.254 e. The number of aryl methyl sites for hydroxylation is 1. The number of methoxy groups -OCH3 is 1. The van der Waals surface area contributed by atoms with Crippen LogP contribution in [0.15, 0.2) is 28.8 Å². The maximum Gasteiger partial charge on any atom is 0.254 e. The van der Waals surface area contributed by atoms with Crippen LogP contribution in [0.2, 0.25) is 0 Å². The zero-order valence-corrected chi connectivity index (χ0v) is 10.4. The van der Waals surface area contributed by atoms with Crippen LogP contribution in [0.5, 0.6) is 5.88 Å². The van der Waals surface area contributed by atoms with Crippen molar-refractivity contribution in [2.45, 2.75) is 20.0 Å². The largest absolute Gasteiger partial charge is 0.479 e. The van der Waals surface area contributed by atoms with Gasteiger partial charge in [0.2, 0.25) is 0 Å². The van der Waals surface area contributed by atoms with E-state index in [4.69, 9.17) is 9.26 Å². The number of nitrogens with one attached hydrogen (secondary N) is 1. The van der Waals surface area contributed by atoms with Crippen LogP contribution >= 0.6 is 0 Å². The van der Waals surface area contributed by atoms with Gasteiger partial charge in [0.05, 0.1) is 13.7 Å². The van der Waals surface area contributed by atoms with Crippen LogP contribution in [0.4, 0.5) is 4.39 Å². The molecule has 4 nitrogen and oxygen atoms in total. The molecular formula is C13H15FN2O2. The van der Waals surface area contributed by atoms with E-state index in [0.717, 1.165) is 5.56 Å². The Kier molecular flexibility index (Phi) is 3.94. The lowest BCUT2D eigenvalue weighted by Crippen LogP contribution is -2.12. The fourth-order valence-corrected chi connectivity index (χ4v) is 1.62. The number of benzene rings is 1. The third-order valence-corrected chi connectivity index (χ3v) is 2.60. The molecule has 0 aliphatic heterocycles. The predicted molar refractivity (Wildman–Crippen MR) is 64.7 cm³/mol. The van der Waals surface area contributed by atoms with E-state index in [-0.39, 0.29) is 5.82 Å². The van der Waals surface area contributed by atoms with Gasteiger partial charge in [0.1, 0.15) is 5.82 Å². The lowest BCUT2D eigenvalue weighted by atomic mass is 10.1. The van der Waals surface area contributed by atoms with Crippen molar-refractivity contribution in [1.82, 2.24) is 10.5 Å². The second kappa shape index (κ2) is 5.64. The third kappa shape index (κ3) is 3.07. The van der Waals surface area contributed by atoms with Crippen molar-refractivity contribution >= 4 is 0 Å². The summed E-state index contributed by atoms with van der Waals surface area (Å²) in [4.78, 5) is 0. The van der Waals surface area contributed by atoms with Gasteiger partial charge in [0.25, 0.3) is 5.88 Å². The lowest BCUT2D eigenvalue weighted by molar-refractivity contribution is 0.323. The summed E-state index contributed by atoms with van der Waals surface area (Å²) >= 11 is 0. The molecule has 5 heteroatoms. The van der Waals surface area contributed by atoms with Gasteiger partial charge >= 0.3 is 0 Å². The normalized spacial score (nSPS) is 10.6. The molecule has 1 aromatic heterocycles. The van der Waals surface area contributed by atoms with Crippen LogP contribution in [-0.4, -0.2) is 12.3 Å². The third-order valence-electron chi connectivity index (χ3n) is 2.60. The molecule has 1 N–H and O–H groups in total. The first-order chi connectivity index (χ1) is 8.69. The molecule has 2 rings (SSSR count). The lowest BCUT2D eigenvalue weighted by Gasteiger charge is -2.04.